The topological polar surface area (TPSA) is 26.1 Å². The summed E-state index contributed by atoms with van der Waals surface area (Å²) in [5.41, 5.74) is -1.33. The molecule has 0 saturated heterocycles. The van der Waals surface area contributed by atoms with Crippen LogP contribution in [0.3, 0.4) is 0 Å². The number of rotatable bonds is 1. The molecule has 1 aromatic rings. The van der Waals surface area contributed by atoms with Crippen molar-refractivity contribution in [1.29, 1.82) is 0 Å². The minimum Gasteiger partial charge on any atom is -0.310 e. The Morgan fingerprint density at radius 2 is 1.45 bits per heavy atom. The van der Waals surface area contributed by atoms with Gasteiger partial charge in [0.1, 0.15) is 5.69 Å². The number of hydrogen-bond donors (Lipinski definition) is 0. The average molecular weight is 290 g/mol. The van der Waals surface area contributed by atoms with Crippen LogP contribution in [0.25, 0.3) is 0 Å². The molecule has 0 aliphatic heterocycles. The van der Waals surface area contributed by atoms with Gasteiger partial charge in [0, 0.05) is 0 Å². The molecule has 0 unspecified atom stereocenters. The first-order chi connectivity index (χ1) is 8.74. The lowest BCUT2D eigenvalue weighted by Crippen LogP contribution is -2.39. The maximum Gasteiger partial charge on any atom is 0.418 e. The van der Waals surface area contributed by atoms with Crippen LogP contribution in [0.1, 0.15) is 52.7 Å². The van der Waals surface area contributed by atoms with E-state index in [4.69, 9.17) is 5.21 Å². The smallest absolute Gasteiger partial charge is 0.310 e. The van der Waals surface area contributed by atoms with Gasteiger partial charge in [0.15, 0.2) is 0 Å². The van der Waals surface area contributed by atoms with Gasteiger partial charge in [0.25, 0.3) is 0 Å². The molecule has 0 aromatic heterocycles. The van der Waals surface area contributed by atoms with E-state index in [9.17, 15) is 13.2 Å². The number of halogens is 3. The Kier molecular flexibility index (Phi) is 4.16. The minimum absolute atomic E-state index is 0.113. The molecule has 2 nitrogen and oxygen atoms in total. The SMILES string of the molecule is CC(C)(C)c1ccc(N([OH2+])C(C)(C)C)c(C(F)(F)F)c1. The van der Waals surface area contributed by atoms with Crippen LogP contribution in [0.15, 0.2) is 18.2 Å². The molecule has 0 spiro atoms. The van der Waals surface area contributed by atoms with Crippen molar-refractivity contribution in [3.63, 3.8) is 0 Å². The lowest BCUT2D eigenvalue weighted by Gasteiger charge is -2.30. The van der Waals surface area contributed by atoms with E-state index >= 15 is 0 Å². The molecule has 0 aliphatic rings. The number of hydrogen-bond acceptors (Lipinski definition) is 1. The molecule has 0 radical (unpaired) electrons. The van der Waals surface area contributed by atoms with E-state index in [1.807, 2.05) is 20.8 Å². The highest BCUT2D eigenvalue weighted by atomic mass is 19.4. The average Bonchev–Trinajstić information content (AvgIpc) is 2.23. The molecule has 0 bridgehead atoms. The Bertz CT molecular complexity index is 481. The molecular weight excluding hydrogens is 267 g/mol. The minimum atomic E-state index is -4.47. The monoisotopic (exact) mass is 290 g/mol. The molecule has 0 fully saturated rings. The summed E-state index contributed by atoms with van der Waals surface area (Å²) in [7, 11) is 0. The van der Waals surface area contributed by atoms with Crippen molar-refractivity contribution in [2.75, 3.05) is 5.06 Å². The van der Waals surface area contributed by atoms with Crippen molar-refractivity contribution in [3.8, 4) is 0 Å². The third kappa shape index (κ3) is 3.66. The van der Waals surface area contributed by atoms with Gasteiger partial charge in [-0.3, -0.25) is 0 Å². The van der Waals surface area contributed by atoms with Crippen LogP contribution in [0, 0.1) is 0 Å². The molecule has 20 heavy (non-hydrogen) atoms. The van der Waals surface area contributed by atoms with Gasteiger partial charge >= 0.3 is 6.18 Å². The molecule has 1 aromatic carbocycles. The maximum absolute atomic E-state index is 13.3. The Morgan fingerprint density at radius 3 is 1.80 bits per heavy atom. The van der Waals surface area contributed by atoms with Gasteiger partial charge < -0.3 is 5.21 Å². The zero-order valence-electron chi connectivity index (χ0n) is 12.8. The van der Waals surface area contributed by atoms with Crippen LogP contribution in [-0.2, 0) is 11.6 Å². The highest BCUT2D eigenvalue weighted by Crippen LogP contribution is 2.40. The van der Waals surface area contributed by atoms with E-state index in [1.54, 1.807) is 26.8 Å². The first-order valence-electron chi connectivity index (χ1n) is 6.48. The fourth-order valence-electron chi connectivity index (χ4n) is 1.79. The number of hydroxylamine groups is 1. The second kappa shape index (κ2) is 4.95. The van der Waals surface area contributed by atoms with Crippen molar-refractivity contribution < 1.29 is 18.4 Å². The lowest BCUT2D eigenvalue weighted by molar-refractivity contribution is -0.137. The molecule has 2 N–H and O–H groups in total. The largest absolute Gasteiger partial charge is 0.418 e. The van der Waals surface area contributed by atoms with Gasteiger partial charge in [-0.05, 0) is 43.9 Å². The second-order valence-electron chi connectivity index (χ2n) is 6.99. The number of nitrogens with zero attached hydrogens (tertiary/aromatic N) is 1. The molecule has 0 amide bonds. The summed E-state index contributed by atoms with van der Waals surface area (Å²) in [5.74, 6) is 0. The highest BCUT2D eigenvalue weighted by Gasteiger charge is 2.39. The van der Waals surface area contributed by atoms with Gasteiger partial charge in [0.05, 0.1) is 11.1 Å². The lowest BCUT2D eigenvalue weighted by atomic mass is 9.85. The fraction of sp³-hybridized carbons (Fsp3) is 0.600. The Hall–Kier alpha value is -1.23. The summed E-state index contributed by atoms with van der Waals surface area (Å²) in [6, 6.07) is 4.21. The van der Waals surface area contributed by atoms with E-state index in [0.717, 1.165) is 11.1 Å². The standard InChI is InChI=1S/C15H22F3NO/c1-13(2,3)10-7-8-12(19(20)14(4,5)6)11(9-10)15(16,17)18/h7-9,20H,1-6H3/p+1. The van der Waals surface area contributed by atoms with Gasteiger partial charge in [-0.2, -0.15) is 13.2 Å². The second-order valence-corrected chi connectivity index (χ2v) is 6.99. The Labute approximate surface area is 118 Å². The van der Waals surface area contributed by atoms with Crippen LogP contribution < -0.4 is 5.06 Å². The van der Waals surface area contributed by atoms with E-state index in [-0.39, 0.29) is 11.1 Å². The van der Waals surface area contributed by atoms with Crippen LogP contribution in [-0.4, -0.2) is 10.7 Å². The Balaban J connectivity index is 3.48. The van der Waals surface area contributed by atoms with Crippen molar-refractivity contribution >= 4 is 5.69 Å². The molecule has 5 heteroatoms. The highest BCUT2D eigenvalue weighted by molar-refractivity contribution is 5.56. The van der Waals surface area contributed by atoms with Crippen molar-refractivity contribution in [3.05, 3.63) is 29.3 Å². The summed E-state index contributed by atoms with van der Waals surface area (Å²) < 4.78 is 39.8. The van der Waals surface area contributed by atoms with Gasteiger partial charge in [-0.25, -0.2) is 0 Å². The van der Waals surface area contributed by atoms with E-state index < -0.39 is 17.3 Å². The van der Waals surface area contributed by atoms with Crippen LogP contribution in [0.5, 0.6) is 0 Å². The molecule has 0 aliphatic carbocycles. The van der Waals surface area contributed by atoms with Gasteiger partial charge in [-0.15, -0.1) is 5.06 Å². The predicted octanol–water partition coefficient (Wildman–Crippen LogP) is 4.25. The first kappa shape index (κ1) is 16.8. The number of alkyl halides is 3. The van der Waals surface area contributed by atoms with E-state index in [2.05, 4.69) is 0 Å². The number of benzene rings is 1. The zero-order chi connectivity index (χ0) is 15.9. The van der Waals surface area contributed by atoms with Crippen molar-refractivity contribution in [2.45, 2.75) is 58.7 Å². The third-order valence-corrected chi connectivity index (χ3v) is 3.08. The molecular formula is C15H23F3NO+. The van der Waals surface area contributed by atoms with Crippen molar-refractivity contribution in [1.82, 2.24) is 0 Å². The summed E-state index contributed by atoms with van der Waals surface area (Å²) in [4.78, 5) is 0. The molecule has 0 atom stereocenters. The predicted molar refractivity (Wildman–Crippen MR) is 76.0 cm³/mol. The van der Waals surface area contributed by atoms with Crippen LogP contribution in [0.2, 0.25) is 0 Å². The first-order valence-corrected chi connectivity index (χ1v) is 6.48. The van der Waals surface area contributed by atoms with Crippen LogP contribution >= 0.6 is 0 Å². The maximum atomic E-state index is 13.3. The van der Waals surface area contributed by atoms with E-state index in [0.29, 0.717) is 5.56 Å². The van der Waals surface area contributed by atoms with Gasteiger partial charge in [-0.1, -0.05) is 26.8 Å². The van der Waals surface area contributed by atoms with E-state index in [1.165, 1.54) is 6.07 Å². The molecule has 1 rings (SSSR count). The molecule has 0 heterocycles. The normalized spacial score (nSPS) is 13.5. The molecule has 0 saturated carbocycles. The summed E-state index contributed by atoms with van der Waals surface area (Å²) in [5, 5.41) is 8.86. The number of anilines is 1. The summed E-state index contributed by atoms with van der Waals surface area (Å²) in [6.07, 6.45) is -4.47. The summed E-state index contributed by atoms with van der Waals surface area (Å²) >= 11 is 0. The summed E-state index contributed by atoms with van der Waals surface area (Å²) in [6.45, 7) is 10.7. The Morgan fingerprint density at radius 1 is 0.950 bits per heavy atom. The van der Waals surface area contributed by atoms with Gasteiger partial charge in [0.2, 0.25) is 0 Å². The fourth-order valence-corrected chi connectivity index (χ4v) is 1.79. The molecule has 114 valence electrons. The quantitative estimate of drug-likeness (QED) is 0.561. The van der Waals surface area contributed by atoms with Crippen molar-refractivity contribution in [2.24, 2.45) is 0 Å². The zero-order valence-corrected chi connectivity index (χ0v) is 12.8. The third-order valence-electron chi connectivity index (χ3n) is 3.08. The van der Waals surface area contributed by atoms with Crippen LogP contribution in [0.4, 0.5) is 18.9 Å².